The summed E-state index contributed by atoms with van der Waals surface area (Å²) in [5.74, 6) is 0. The van der Waals surface area contributed by atoms with Crippen molar-refractivity contribution in [3.63, 3.8) is 0 Å². The summed E-state index contributed by atoms with van der Waals surface area (Å²) in [4.78, 5) is 2.42. The number of sulfonamides is 1. The molecule has 0 radical (unpaired) electrons. The van der Waals surface area contributed by atoms with Gasteiger partial charge in [0.05, 0.1) is 4.90 Å². The normalized spacial score (nSPS) is 11.8. The standard InChI is InChI=1S/C18H24N2O2S/c1-15-9-10-17(16(2)13-15)14-20(3)12-11-19-23(21,22)18-7-5-4-6-8-18/h4-10,13,19H,11-12,14H2,1-3H3. The lowest BCUT2D eigenvalue weighted by atomic mass is 10.1. The number of nitrogens with zero attached hydrogens (tertiary/aromatic N) is 1. The third-order valence-electron chi connectivity index (χ3n) is 3.78. The van der Waals surface area contributed by atoms with Crippen molar-refractivity contribution in [2.24, 2.45) is 0 Å². The highest BCUT2D eigenvalue weighted by molar-refractivity contribution is 7.89. The SMILES string of the molecule is Cc1ccc(CN(C)CCNS(=O)(=O)c2ccccc2)c(C)c1. The molecule has 0 bridgehead atoms. The van der Waals surface area contributed by atoms with Gasteiger partial charge in [0.15, 0.2) is 0 Å². The second-order valence-corrected chi connectivity index (χ2v) is 7.65. The predicted molar refractivity (Wildman–Crippen MR) is 93.9 cm³/mol. The van der Waals surface area contributed by atoms with Crippen LogP contribution in [0.25, 0.3) is 0 Å². The lowest BCUT2D eigenvalue weighted by Crippen LogP contribution is -2.32. The number of likely N-dealkylation sites (N-methyl/N-ethyl adjacent to an activating group) is 1. The monoisotopic (exact) mass is 332 g/mol. The zero-order chi connectivity index (χ0) is 16.9. The van der Waals surface area contributed by atoms with Gasteiger partial charge in [-0.3, -0.25) is 0 Å². The molecule has 23 heavy (non-hydrogen) atoms. The highest BCUT2D eigenvalue weighted by Crippen LogP contribution is 2.12. The fraction of sp³-hybridized carbons (Fsp3) is 0.333. The number of benzene rings is 2. The van der Waals surface area contributed by atoms with Crippen LogP contribution in [0.4, 0.5) is 0 Å². The Kier molecular flexibility index (Phi) is 5.93. The van der Waals surface area contributed by atoms with Gasteiger partial charge in [-0.2, -0.15) is 0 Å². The van der Waals surface area contributed by atoms with E-state index >= 15 is 0 Å². The minimum Gasteiger partial charge on any atom is -0.301 e. The number of rotatable bonds is 7. The highest BCUT2D eigenvalue weighted by Gasteiger charge is 2.12. The van der Waals surface area contributed by atoms with Crippen molar-refractivity contribution < 1.29 is 8.42 Å². The van der Waals surface area contributed by atoms with E-state index in [1.54, 1.807) is 30.3 Å². The molecule has 0 unspecified atom stereocenters. The molecule has 0 aliphatic carbocycles. The minimum atomic E-state index is -3.42. The van der Waals surface area contributed by atoms with Gasteiger partial charge >= 0.3 is 0 Å². The van der Waals surface area contributed by atoms with Gasteiger partial charge < -0.3 is 4.90 Å². The van der Waals surface area contributed by atoms with Gasteiger partial charge in [-0.1, -0.05) is 42.0 Å². The van der Waals surface area contributed by atoms with Crippen LogP contribution in [0.5, 0.6) is 0 Å². The molecule has 4 nitrogen and oxygen atoms in total. The van der Waals surface area contributed by atoms with Crippen molar-refractivity contribution in [1.29, 1.82) is 0 Å². The van der Waals surface area contributed by atoms with Crippen LogP contribution in [-0.4, -0.2) is 33.5 Å². The van der Waals surface area contributed by atoms with Gasteiger partial charge in [0.25, 0.3) is 0 Å². The van der Waals surface area contributed by atoms with E-state index in [1.165, 1.54) is 16.7 Å². The van der Waals surface area contributed by atoms with E-state index in [9.17, 15) is 8.42 Å². The van der Waals surface area contributed by atoms with Crippen molar-refractivity contribution in [2.75, 3.05) is 20.1 Å². The third kappa shape index (κ3) is 5.16. The molecule has 0 amide bonds. The van der Waals surface area contributed by atoms with Crippen LogP contribution >= 0.6 is 0 Å². The van der Waals surface area contributed by atoms with Crippen LogP contribution in [0.2, 0.25) is 0 Å². The molecular weight excluding hydrogens is 308 g/mol. The number of hydrogen-bond acceptors (Lipinski definition) is 3. The summed E-state index contributed by atoms with van der Waals surface area (Å²) in [6.45, 7) is 6.03. The Hall–Kier alpha value is -1.69. The molecule has 0 saturated carbocycles. The Labute approximate surface area is 139 Å². The second kappa shape index (κ2) is 7.73. The molecule has 2 aromatic carbocycles. The molecular formula is C18H24N2O2S. The fourth-order valence-electron chi connectivity index (χ4n) is 2.45. The molecule has 0 aliphatic heterocycles. The Morgan fingerprint density at radius 2 is 1.74 bits per heavy atom. The molecule has 2 rings (SSSR count). The second-order valence-electron chi connectivity index (χ2n) is 5.88. The average Bonchev–Trinajstić information content (AvgIpc) is 2.51. The van der Waals surface area contributed by atoms with Crippen molar-refractivity contribution in [3.8, 4) is 0 Å². The average molecular weight is 332 g/mol. The fourth-order valence-corrected chi connectivity index (χ4v) is 3.49. The first-order valence-electron chi connectivity index (χ1n) is 7.68. The summed E-state index contributed by atoms with van der Waals surface area (Å²) in [6.07, 6.45) is 0. The van der Waals surface area contributed by atoms with Gasteiger partial charge in [0, 0.05) is 19.6 Å². The van der Waals surface area contributed by atoms with E-state index in [-0.39, 0.29) is 0 Å². The number of hydrogen-bond donors (Lipinski definition) is 1. The van der Waals surface area contributed by atoms with E-state index < -0.39 is 10.0 Å². The maximum absolute atomic E-state index is 12.1. The largest absolute Gasteiger partial charge is 0.301 e. The maximum atomic E-state index is 12.1. The summed E-state index contributed by atoms with van der Waals surface area (Å²) in [6, 6.07) is 14.9. The van der Waals surface area contributed by atoms with Crippen molar-refractivity contribution >= 4 is 10.0 Å². The Bertz CT molecular complexity index is 743. The maximum Gasteiger partial charge on any atom is 0.240 e. The molecule has 0 heterocycles. The smallest absolute Gasteiger partial charge is 0.240 e. The first-order valence-corrected chi connectivity index (χ1v) is 9.16. The van der Waals surface area contributed by atoms with Crippen molar-refractivity contribution in [2.45, 2.75) is 25.3 Å². The Balaban J connectivity index is 1.86. The van der Waals surface area contributed by atoms with Crippen LogP contribution in [0.1, 0.15) is 16.7 Å². The van der Waals surface area contributed by atoms with E-state index in [1.807, 2.05) is 7.05 Å². The summed E-state index contributed by atoms with van der Waals surface area (Å²) >= 11 is 0. The lowest BCUT2D eigenvalue weighted by Gasteiger charge is -2.18. The zero-order valence-electron chi connectivity index (χ0n) is 13.9. The van der Waals surface area contributed by atoms with Gasteiger partial charge in [-0.15, -0.1) is 0 Å². The topological polar surface area (TPSA) is 49.4 Å². The van der Waals surface area contributed by atoms with Crippen LogP contribution < -0.4 is 4.72 Å². The van der Waals surface area contributed by atoms with E-state index in [0.29, 0.717) is 18.0 Å². The molecule has 0 spiro atoms. The lowest BCUT2D eigenvalue weighted by molar-refractivity contribution is 0.331. The van der Waals surface area contributed by atoms with Gasteiger partial charge in [0.2, 0.25) is 10.0 Å². The third-order valence-corrected chi connectivity index (χ3v) is 5.25. The van der Waals surface area contributed by atoms with Crippen LogP contribution in [0, 0.1) is 13.8 Å². The summed E-state index contributed by atoms with van der Waals surface area (Å²) in [5.41, 5.74) is 3.79. The molecule has 5 heteroatoms. The zero-order valence-corrected chi connectivity index (χ0v) is 14.7. The predicted octanol–water partition coefficient (Wildman–Crippen LogP) is 2.71. The van der Waals surface area contributed by atoms with Crippen LogP contribution in [0.3, 0.4) is 0 Å². The minimum absolute atomic E-state index is 0.303. The molecule has 0 fully saturated rings. The molecule has 2 aromatic rings. The quantitative estimate of drug-likeness (QED) is 0.848. The number of nitrogens with one attached hydrogen (secondary N) is 1. The molecule has 124 valence electrons. The van der Waals surface area contributed by atoms with E-state index in [0.717, 1.165) is 6.54 Å². The first-order chi connectivity index (χ1) is 10.9. The summed E-state index contributed by atoms with van der Waals surface area (Å²) in [7, 11) is -1.42. The molecule has 0 aliphatic rings. The van der Waals surface area contributed by atoms with E-state index in [4.69, 9.17) is 0 Å². The molecule has 1 N–H and O–H groups in total. The van der Waals surface area contributed by atoms with Gasteiger partial charge in [0.1, 0.15) is 0 Å². The van der Waals surface area contributed by atoms with Crippen molar-refractivity contribution in [1.82, 2.24) is 9.62 Å². The summed E-state index contributed by atoms with van der Waals surface area (Å²) < 4.78 is 26.9. The first kappa shape index (κ1) is 17.7. The molecule has 0 aromatic heterocycles. The van der Waals surface area contributed by atoms with Gasteiger partial charge in [-0.25, -0.2) is 13.1 Å². The highest BCUT2D eigenvalue weighted by atomic mass is 32.2. The molecule has 0 atom stereocenters. The van der Waals surface area contributed by atoms with Crippen molar-refractivity contribution in [3.05, 3.63) is 65.2 Å². The number of aryl methyl sites for hydroxylation is 2. The van der Waals surface area contributed by atoms with Crippen LogP contribution in [-0.2, 0) is 16.6 Å². The Morgan fingerprint density at radius 1 is 1.04 bits per heavy atom. The summed E-state index contributed by atoms with van der Waals surface area (Å²) in [5, 5.41) is 0. The molecule has 0 saturated heterocycles. The van der Waals surface area contributed by atoms with Crippen LogP contribution in [0.15, 0.2) is 53.4 Å². The Morgan fingerprint density at radius 3 is 2.39 bits per heavy atom. The van der Waals surface area contributed by atoms with E-state index in [2.05, 4.69) is 41.7 Å². The van der Waals surface area contributed by atoms with Gasteiger partial charge in [-0.05, 0) is 44.2 Å².